The molecule has 1 aliphatic rings. The molecule has 2 unspecified atom stereocenters. The number of ether oxygens (including phenoxy) is 1. The SMILES string of the molecule is Nc1ncccc1C(N)C1CCCOC1. The van der Waals surface area contributed by atoms with Crippen LogP contribution in [-0.4, -0.2) is 18.2 Å². The van der Waals surface area contributed by atoms with Crippen molar-refractivity contribution in [3.63, 3.8) is 0 Å². The van der Waals surface area contributed by atoms with Gasteiger partial charge in [-0.05, 0) is 18.9 Å². The first-order valence-electron chi connectivity index (χ1n) is 5.33. The fourth-order valence-electron chi connectivity index (χ4n) is 2.01. The normalized spacial score (nSPS) is 23.7. The van der Waals surface area contributed by atoms with Gasteiger partial charge in [-0.25, -0.2) is 4.98 Å². The lowest BCUT2D eigenvalue weighted by atomic mass is 9.90. The van der Waals surface area contributed by atoms with Crippen LogP contribution in [-0.2, 0) is 4.74 Å². The van der Waals surface area contributed by atoms with Gasteiger partial charge in [0.15, 0.2) is 0 Å². The number of hydrogen-bond acceptors (Lipinski definition) is 4. The largest absolute Gasteiger partial charge is 0.383 e. The number of nitrogens with two attached hydrogens (primary N) is 2. The standard InChI is InChI=1S/C11H17N3O/c12-10(8-3-2-6-15-7-8)9-4-1-5-14-11(9)13/h1,4-5,8,10H,2-3,6-7,12H2,(H2,13,14). The second kappa shape index (κ2) is 4.59. The van der Waals surface area contributed by atoms with Crippen molar-refractivity contribution in [3.05, 3.63) is 23.9 Å². The Labute approximate surface area is 89.6 Å². The molecule has 2 rings (SSSR count). The molecule has 15 heavy (non-hydrogen) atoms. The number of nitrogen functional groups attached to an aromatic ring is 1. The van der Waals surface area contributed by atoms with Crippen molar-refractivity contribution < 1.29 is 4.74 Å². The summed E-state index contributed by atoms with van der Waals surface area (Å²) in [5.74, 6) is 0.904. The van der Waals surface area contributed by atoms with E-state index >= 15 is 0 Å². The molecular formula is C11H17N3O. The Hall–Kier alpha value is -1.13. The van der Waals surface area contributed by atoms with Gasteiger partial charge in [0, 0.05) is 30.3 Å². The van der Waals surface area contributed by atoms with Gasteiger partial charge in [-0.2, -0.15) is 0 Å². The molecule has 82 valence electrons. The van der Waals surface area contributed by atoms with Crippen LogP contribution in [0.2, 0.25) is 0 Å². The molecule has 1 aromatic heterocycles. The molecule has 1 aromatic rings. The van der Waals surface area contributed by atoms with E-state index in [0.29, 0.717) is 11.7 Å². The minimum atomic E-state index is -0.0565. The number of hydrogen-bond donors (Lipinski definition) is 2. The van der Waals surface area contributed by atoms with Gasteiger partial charge in [0.1, 0.15) is 5.82 Å². The molecule has 0 aliphatic carbocycles. The predicted octanol–water partition coefficient (Wildman–Crippen LogP) is 1.09. The van der Waals surface area contributed by atoms with Gasteiger partial charge in [0.2, 0.25) is 0 Å². The molecule has 0 aromatic carbocycles. The third-order valence-electron chi connectivity index (χ3n) is 2.93. The van der Waals surface area contributed by atoms with E-state index in [-0.39, 0.29) is 6.04 Å². The summed E-state index contributed by atoms with van der Waals surface area (Å²) >= 11 is 0. The summed E-state index contributed by atoms with van der Waals surface area (Å²) in [5, 5.41) is 0. The van der Waals surface area contributed by atoms with E-state index in [4.69, 9.17) is 16.2 Å². The zero-order chi connectivity index (χ0) is 10.7. The maximum Gasteiger partial charge on any atom is 0.128 e. The molecule has 1 fully saturated rings. The molecule has 0 radical (unpaired) electrons. The second-order valence-electron chi connectivity index (χ2n) is 3.98. The Morgan fingerprint density at radius 1 is 1.53 bits per heavy atom. The Kier molecular flexibility index (Phi) is 3.18. The number of rotatable bonds is 2. The van der Waals surface area contributed by atoms with Crippen molar-refractivity contribution in [2.24, 2.45) is 11.7 Å². The number of nitrogens with zero attached hydrogens (tertiary/aromatic N) is 1. The summed E-state index contributed by atoms with van der Waals surface area (Å²) in [7, 11) is 0. The average molecular weight is 207 g/mol. The summed E-state index contributed by atoms with van der Waals surface area (Å²) in [6.07, 6.45) is 3.87. The zero-order valence-corrected chi connectivity index (χ0v) is 8.73. The number of anilines is 1. The lowest BCUT2D eigenvalue weighted by Gasteiger charge is -2.28. The first-order chi connectivity index (χ1) is 7.29. The fourth-order valence-corrected chi connectivity index (χ4v) is 2.01. The van der Waals surface area contributed by atoms with Crippen LogP contribution in [0.1, 0.15) is 24.4 Å². The van der Waals surface area contributed by atoms with Crippen molar-refractivity contribution in [1.29, 1.82) is 0 Å². The van der Waals surface area contributed by atoms with Crippen LogP contribution >= 0.6 is 0 Å². The summed E-state index contributed by atoms with van der Waals surface area (Å²) < 4.78 is 5.42. The summed E-state index contributed by atoms with van der Waals surface area (Å²) in [6.45, 7) is 1.58. The first kappa shape index (κ1) is 10.4. The monoisotopic (exact) mass is 207 g/mol. The molecule has 0 bridgehead atoms. The van der Waals surface area contributed by atoms with Crippen molar-refractivity contribution >= 4 is 5.82 Å². The van der Waals surface area contributed by atoms with Crippen LogP contribution in [0, 0.1) is 5.92 Å². The van der Waals surface area contributed by atoms with Crippen LogP contribution in [0.5, 0.6) is 0 Å². The first-order valence-corrected chi connectivity index (χ1v) is 5.33. The summed E-state index contributed by atoms with van der Waals surface area (Å²) in [5.41, 5.74) is 12.9. The highest BCUT2D eigenvalue weighted by molar-refractivity contribution is 5.40. The van der Waals surface area contributed by atoms with Gasteiger partial charge in [0.25, 0.3) is 0 Å². The van der Waals surface area contributed by atoms with E-state index in [0.717, 1.165) is 31.6 Å². The summed E-state index contributed by atoms with van der Waals surface area (Å²) in [6, 6.07) is 3.76. The van der Waals surface area contributed by atoms with Crippen molar-refractivity contribution in [2.45, 2.75) is 18.9 Å². The van der Waals surface area contributed by atoms with Crippen LogP contribution in [0.15, 0.2) is 18.3 Å². The highest BCUT2D eigenvalue weighted by atomic mass is 16.5. The van der Waals surface area contributed by atoms with Crippen LogP contribution in [0.3, 0.4) is 0 Å². The minimum absolute atomic E-state index is 0.0565. The van der Waals surface area contributed by atoms with E-state index in [2.05, 4.69) is 4.98 Å². The van der Waals surface area contributed by atoms with Gasteiger partial charge in [-0.1, -0.05) is 6.07 Å². The Balaban J connectivity index is 2.12. The zero-order valence-electron chi connectivity index (χ0n) is 8.73. The molecule has 4 nitrogen and oxygen atoms in total. The van der Waals surface area contributed by atoms with Gasteiger partial charge in [0.05, 0.1) is 6.61 Å². The quantitative estimate of drug-likeness (QED) is 0.761. The molecule has 1 aliphatic heterocycles. The number of pyridine rings is 1. The number of aromatic nitrogens is 1. The Bertz CT molecular complexity index is 323. The van der Waals surface area contributed by atoms with E-state index < -0.39 is 0 Å². The van der Waals surface area contributed by atoms with E-state index in [1.807, 2.05) is 12.1 Å². The van der Waals surface area contributed by atoms with E-state index in [1.165, 1.54) is 0 Å². The molecule has 4 N–H and O–H groups in total. The smallest absolute Gasteiger partial charge is 0.128 e. The summed E-state index contributed by atoms with van der Waals surface area (Å²) in [4.78, 5) is 4.05. The molecule has 4 heteroatoms. The molecule has 0 spiro atoms. The molecular weight excluding hydrogens is 190 g/mol. The van der Waals surface area contributed by atoms with Gasteiger partial charge in [-0.3, -0.25) is 0 Å². The Morgan fingerprint density at radius 3 is 3.07 bits per heavy atom. The van der Waals surface area contributed by atoms with Gasteiger partial charge < -0.3 is 16.2 Å². The molecule has 1 saturated heterocycles. The fraction of sp³-hybridized carbons (Fsp3) is 0.545. The van der Waals surface area contributed by atoms with Crippen molar-refractivity contribution in [1.82, 2.24) is 4.98 Å². The van der Waals surface area contributed by atoms with Crippen LogP contribution < -0.4 is 11.5 Å². The third kappa shape index (κ3) is 2.27. The lowest BCUT2D eigenvalue weighted by molar-refractivity contribution is 0.0448. The van der Waals surface area contributed by atoms with Gasteiger partial charge >= 0.3 is 0 Å². The molecule has 0 amide bonds. The molecule has 2 atom stereocenters. The predicted molar refractivity (Wildman–Crippen MR) is 59.1 cm³/mol. The highest BCUT2D eigenvalue weighted by Gasteiger charge is 2.23. The van der Waals surface area contributed by atoms with Gasteiger partial charge in [-0.15, -0.1) is 0 Å². The van der Waals surface area contributed by atoms with Crippen LogP contribution in [0.25, 0.3) is 0 Å². The maximum absolute atomic E-state index is 6.17. The maximum atomic E-state index is 6.17. The van der Waals surface area contributed by atoms with E-state index in [9.17, 15) is 0 Å². The van der Waals surface area contributed by atoms with Crippen molar-refractivity contribution in [3.8, 4) is 0 Å². The van der Waals surface area contributed by atoms with Crippen LogP contribution in [0.4, 0.5) is 5.82 Å². The lowest BCUT2D eigenvalue weighted by Crippen LogP contribution is -2.29. The molecule has 0 saturated carbocycles. The highest BCUT2D eigenvalue weighted by Crippen LogP contribution is 2.28. The van der Waals surface area contributed by atoms with E-state index in [1.54, 1.807) is 6.20 Å². The Morgan fingerprint density at radius 2 is 2.40 bits per heavy atom. The topological polar surface area (TPSA) is 74.2 Å². The second-order valence-corrected chi connectivity index (χ2v) is 3.98. The van der Waals surface area contributed by atoms with Crippen molar-refractivity contribution in [2.75, 3.05) is 18.9 Å². The minimum Gasteiger partial charge on any atom is -0.383 e. The molecule has 2 heterocycles. The third-order valence-corrected chi connectivity index (χ3v) is 2.93. The average Bonchev–Trinajstić information content (AvgIpc) is 2.30.